The van der Waals surface area contributed by atoms with Gasteiger partial charge in [0.1, 0.15) is 6.61 Å². The Labute approximate surface area is 152 Å². The number of hydrogen-bond acceptors (Lipinski definition) is 5. The van der Waals surface area contributed by atoms with Crippen LogP contribution in [0, 0.1) is 0 Å². The highest BCUT2D eigenvalue weighted by molar-refractivity contribution is 6.00. The SMILES string of the molecule is COCC(=O)N1[C@@H]2CC[C@H]1CC(Nc1c(C(N)=O)cnc3c1C=CC3)C2. The van der Waals surface area contributed by atoms with E-state index in [0.29, 0.717) is 5.56 Å². The highest BCUT2D eigenvalue weighted by Crippen LogP contribution is 2.38. The summed E-state index contributed by atoms with van der Waals surface area (Å²) in [4.78, 5) is 30.6. The minimum Gasteiger partial charge on any atom is -0.381 e. The quantitative estimate of drug-likeness (QED) is 0.829. The number of ether oxygens (including phenoxy) is 1. The molecule has 3 atom stereocenters. The number of primary amides is 1. The summed E-state index contributed by atoms with van der Waals surface area (Å²) >= 11 is 0. The summed E-state index contributed by atoms with van der Waals surface area (Å²) in [5.74, 6) is -0.400. The third kappa shape index (κ3) is 2.86. The van der Waals surface area contributed by atoms with Gasteiger partial charge >= 0.3 is 0 Å². The van der Waals surface area contributed by atoms with E-state index in [2.05, 4.69) is 10.3 Å². The van der Waals surface area contributed by atoms with Crippen molar-refractivity contribution in [2.75, 3.05) is 19.0 Å². The second-order valence-electron chi connectivity index (χ2n) is 7.31. The van der Waals surface area contributed by atoms with E-state index in [1.165, 1.54) is 0 Å². The average Bonchev–Trinajstić information content (AvgIpc) is 3.18. The van der Waals surface area contributed by atoms with Crippen molar-refractivity contribution in [2.45, 2.75) is 50.2 Å². The van der Waals surface area contributed by atoms with Crippen molar-refractivity contribution in [3.63, 3.8) is 0 Å². The summed E-state index contributed by atoms with van der Waals surface area (Å²) < 4.78 is 5.02. The largest absolute Gasteiger partial charge is 0.381 e. The normalized spacial score (nSPS) is 26.0. The van der Waals surface area contributed by atoms with Crippen LogP contribution in [0.4, 0.5) is 5.69 Å². The molecule has 2 saturated heterocycles. The predicted molar refractivity (Wildman–Crippen MR) is 97.7 cm³/mol. The van der Waals surface area contributed by atoms with Gasteiger partial charge in [0, 0.05) is 43.4 Å². The summed E-state index contributed by atoms with van der Waals surface area (Å²) in [5.41, 5.74) is 8.72. The van der Waals surface area contributed by atoms with Crippen LogP contribution in [0.25, 0.3) is 6.08 Å². The van der Waals surface area contributed by atoms with E-state index >= 15 is 0 Å². The lowest BCUT2D eigenvalue weighted by molar-refractivity contribution is -0.139. The van der Waals surface area contributed by atoms with Crippen LogP contribution in [0.15, 0.2) is 12.3 Å². The Bertz CT molecular complexity index is 762. The van der Waals surface area contributed by atoms with Crippen molar-refractivity contribution in [2.24, 2.45) is 5.73 Å². The Hall–Kier alpha value is -2.41. The lowest BCUT2D eigenvalue weighted by Crippen LogP contribution is -2.50. The molecule has 3 aliphatic rings. The van der Waals surface area contributed by atoms with E-state index in [1.807, 2.05) is 17.1 Å². The van der Waals surface area contributed by atoms with Gasteiger partial charge in [0.25, 0.3) is 5.91 Å². The Kier molecular flexibility index (Phi) is 4.40. The summed E-state index contributed by atoms with van der Waals surface area (Å²) in [5, 5.41) is 3.56. The standard InChI is InChI=1S/C19H24N4O3/c1-26-10-17(24)23-12-5-6-13(23)8-11(7-12)22-18-14-3-2-4-16(14)21-9-15(18)19(20)25/h2-3,9,11-13H,4-8,10H2,1H3,(H2,20,25)(H,21,22)/t11?,12-,13+. The summed E-state index contributed by atoms with van der Waals surface area (Å²) in [7, 11) is 1.55. The molecule has 3 N–H and O–H groups in total. The topological polar surface area (TPSA) is 97.5 Å². The van der Waals surface area contributed by atoms with Crippen LogP contribution in [-0.2, 0) is 16.0 Å². The smallest absolute Gasteiger partial charge is 0.252 e. The molecule has 0 saturated carbocycles. The number of piperidine rings is 1. The van der Waals surface area contributed by atoms with Gasteiger partial charge < -0.3 is 20.7 Å². The van der Waals surface area contributed by atoms with E-state index in [4.69, 9.17) is 10.5 Å². The molecule has 26 heavy (non-hydrogen) atoms. The molecule has 0 spiro atoms. The number of nitrogens with one attached hydrogen (secondary N) is 1. The number of nitrogens with two attached hydrogens (primary N) is 1. The fourth-order valence-electron chi connectivity index (χ4n) is 4.64. The molecule has 2 bridgehead atoms. The molecule has 2 aliphatic heterocycles. The summed E-state index contributed by atoms with van der Waals surface area (Å²) in [6, 6.07) is 0.672. The number of hydrogen-bond donors (Lipinski definition) is 2. The zero-order valence-corrected chi connectivity index (χ0v) is 14.9. The van der Waals surface area contributed by atoms with Crippen LogP contribution >= 0.6 is 0 Å². The van der Waals surface area contributed by atoms with Crippen molar-refractivity contribution < 1.29 is 14.3 Å². The molecule has 0 aromatic carbocycles. The molecule has 1 aromatic rings. The maximum absolute atomic E-state index is 12.3. The summed E-state index contributed by atoms with van der Waals surface area (Å²) in [6.07, 6.45) is 10.2. The van der Waals surface area contributed by atoms with Crippen molar-refractivity contribution in [3.05, 3.63) is 29.1 Å². The van der Waals surface area contributed by atoms with E-state index in [1.54, 1.807) is 13.3 Å². The highest BCUT2D eigenvalue weighted by atomic mass is 16.5. The third-order valence-electron chi connectivity index (χ3n) is 5.70. The monoisotopic (exact) mass is 356 g/mol. The lowest BCUT2D eigenvalue weighted by atomic mass is 9.96. The zero-order valence-electron chi connectivity index (χ0n) is 14.9. The zero-order chi connectivity index (χ0) is 18.3. The molecule has 0 radical (unpaired) electrons. The average molecular weight is 356 g/mol. The van der Waals surface area contributed by atoms with Crippen LogP contribution in [-0.4, -0.2) is 53.5 Å². The number of rotatable bonds is 5. The first-order valence-electron chi connectivity index (χ1n) is 9.13. The molecule has 7 heteroatoms. The summed E-state index contributed by atoms with van der Waals surface area (Å²) in [6.45, 7) is 0.138. The Morgan fingerprint density at radius 3 is 2.73 bits per heavy atom. The molecule has 1 unspecified atom stereocenters. The van der Waals surface area contributed by atoms with Crippen LogP contribution in [0.2, 0.25) is 0 Å². The maximum atomic E-state index is 12.3. The molecule has 3 heterocycles. The van der Waals surface area contributed by atoms with Crippen LogP contribution < -0.4 is 11.1 Å². The second kappa shape index (κ2) is 6.72. The first-order chi connectivity index (χ1) is 12.6. The number of fused-ring (bicyclic) bond motifs is 3. The molecule has 2 amide bonds. The van der Waals surface area contributed by atoms with Gasteiger partial charge in [0.2, 0.25) is 5.91 Å². The predicted octanol–water partition coefficient (Wildman–Crippen LogP) is 1.33. The van der Waals surface area contributed by atoms with Gasteiger partial charge in [-0.2, -0.15) is 0 Å². The van der Waals surface area contributed by atoms with E-state index in [-0.39, 0.29) is 30.6 Å². The molecule has 1 aromatic heterocycles. The lowest BCUT2D eigenvalue weighted by Gasteiger charge is -2.39. The number of carbonyl (C=O) groups is 2. The van der Waals surface area contributed by atoms with E-state index < -0.39 is 5.91 Å². The molecule has 2 fully saturated rings. The highest BCUT2D eigenvalue weighted by Gasteiger charge is 2.43. The number of carbonyl (C=O) groups excluding carboxylic acids is 2. The molecule has 1 aliphatic carbocycles. The fourth-order valence-corrected chi connectivity index (χ4v) is 4.64. The van der Waals surface area contributed by atoms with E-state index in [9.17, 15) is 9.59 Å². The van der Waals surface area contributed by atoms with Gasteiger partial charge in [-0.1, -0.05) is 12.2 Å². The van der Waals surface area contributed by atoms with Crippen molar-refractivity contribution in [1.29, 1.82) is 0 Å². The number of allylic oxidation sites excluding steroid dienone is 1. The Morgan fingerprint density at radius 1 is 1.35 bits per heavy atom. The number of aromatic nitrogens is 1. The van der Waals surface area contributed by atoms with Gasteiger partial charge in [-0.15, -0.1) is 0 Å². The third-order valence-corrected chi connectivity index (χ3v) is 5.70. The molecular formula is C19H24N4O3. The number of anilines is 1. The molecule has 7 nitrogen and oxygen atoms in total. The molecule has 4 rings (SSSR count). The van der Waals surface area contributed by atoms with Crippen molar-refractivity contribution in [1.82, 2.24) is 9.88 Å². The van der Waals surface area contributed by atoms with Gasteiger partial charge in [-0.3, -0.25) is 14.6 Å². The van der Waals surface area contributed by atoms with Crippen LogP contribution in [0.1, 0.15) is 47.3 Å². The van der Waals surface area contributed by atoms with Gasteiger partial charge in [0.05, 0.1) is 16.9 Å². The van der Waals surface area contributed by atoms with Crippen LogP contribution in [0.5, 0.6) is 0 Å². The Balaban J connectivity index is 1.55. The van der Waals surface area contributed by atoms with Crippen LogP contribution in [0.3, 0.4) is 0 Å². The number of nitrogens with zero attached hydrogens (tertiary/aromatic N) is 2. The van der Waals surface area contributed by atoms with Gasteiger partial charge in [-0.25, -0.2) is 0 Å². The Morgan fingerprint density at radius 2 is 2.08 bits per heavy atom. The fraction of sp³-hybridized carbons (Fsp3) is 0.526. The van der Waals surface area contributed by atoms with Crippen molar-refractivity contribution in [3.8, 4) is 0 Å². The first kappa shape index (κ1) is 17.0. The maximum Gasteiger partial charge on any atom is 0.252 e. The minimum atomic E-state index is -0.473. The second-order valence-corrected chi connectivity index (χ2v) is 7.31. The first-order valence-corrected chi connectivity index (χ1v) is 9.13. The molecule has 138 valence electrons. The van der Waals surface area contributed by atoms with Crippen molar-refractivity contribution >= 4 is 23.6 Å². The number of amides is 2. The number of methoxy groups -OCH3 is 1. The van der Waals surface area contributed by atoms with Gasteiger partial charge in [0.15, 0.2) is 0 Å². The van der Waals surface area contributed by atoms with Gasteiger partial charge in [-0.05, 0) is 25.7 Å². The number of pyridine rings is 1. The minimum absolute atomic E-state index is 0.0732. The molecular weight excluding hydrogens is 332 g/mol. The van der Waals surface area contributed by atoms with E-state index in [0.717, 1.165) is 49.0 Å².